The van der Waals surface area contributed by atoms with Crippen LogP contribution in [0.2, 0.25) is 0 Å². The zero-order valence-corrected chi connectivity index (χ0v) is 13.1. The van der Waals surface area contributed by atoms with E-state index < -0.39 is 6.43 Å². The maximum atomic E-state index is 12.8. The molecule has 1 fully saturated rings. The molecule has 3 rings (SSSR count). The molecule has 0 unspecified atom stereocenters. The van der Waals surface area contributed by atoms with Gasteiger partial charge in [-0.1, -0.05) is 12.1 Å². The van der Waals surface area contributed by atoms with E-state index in [1.165, 1.54) is 10.7 Å². The van der Waals surface area contributed by atoms with E-state index in [0.717, 1.165) is 35.3 Å². The van der Waals surface area contributed by atoms with Crippen molar-refractivity contribution in [1.29, 1.82) is 0 Å². The summed E-state index contributed by atoms with van der Waals surface area (Å²) in [5, 5.41) is 6.74. The largest absolute Gasteiger partial charge is 0.324 e. The van der Waals surface area contributed by atoms with Crippen molar-refractivity contribution >= 4 is 11.6 Å². The van der Waals surface area contributed by atoms with E-state index in [1.807, 2.05) is 32.0 Å². The number of halogens is 2. The van der Waals surface area contributed by atoms with Gasteiger partial charge in [0.1, 0.15) is 12.2 Å². The number of nitrogens with zero attached hydrogens (tertiary/aromatic N) is 2. The summed E-state index contributed by atoms with van der Waals surface area (Å²) in [6.45, 7) is 3.86. The van der Waals surface area contributed by atoms with Gasteiger partial charge in [-0.15, -0.1) is 0 Å². The number of hydrogen-bond donors (Lipinski definition) is 1. The van der Waals surface area contributed by atoms with Crippen molar-refractivity contribution in [3.05, 3.63) is 46.8 Å². The molecule has 0 saturated heterocycles. The molecule has 23 heavy (non-hydrogen) atoms. The number of aromatic nitrogens is 2. The Morgan fingerprint density at radius 2 is 2.13 bits per heavy atom. The van der Waals surface area contributed by atoms with Crippen molar-refractivity contribution in [3.63, 3.8) is 0 Å². The lowest BCUT2D eigenvalue weighted by atomic mass is 10.1. The van der Waals surface area contributed by atoms with E-state index in [9.17, 15) is 13.6 Å². The number of rotatable bonds is 5. The number of amides is 1. The van der Waals surface area contributed by atoms with E-state index in [2.05, 4.69) is 10.4 Å². The number of carbonyl (C=O) groups excluding carboxylic acids is 1. The molecule has 1 amide bonds. The fourth-order valence-electron chi connectivity index (χ4n) is 2.61. The van der Waals surface area contributed by atoms with Gasteiger partial charge in [0.25, 0.3) is 6.43 Å². The highest BCUT2D eigenvalue weighted by Crippen LogP contribution is 2.41. The molecular weight excluding hydrogens is 300 g/mol. The monoisotopic (exact) mass is 319 g/mol. The Bertz CT molecular complexity index is 735. The summed E-state index contributed by atoms with van der Waals surface area (Å²) in [4.78, 5) is 12.3. The Labute approximate surface area is 133 Å². The van der Waals surface area contributed by atoms with Gasteiger partial charge in [-0.3, -0.25) is 9.48 Å². The predicted molar refractivity (Wildman–Crippen MR) is 83.7 cm³/mol. The molecule has 1 aliphatic rings. The lowest BCUT2D eigenvalue weighted by molar-refractivity contribution is -0.117. The van der Waals surface area contributed by atoms with Crippen LogP contribution in [0.5, 0.6) is 0 Å². The molecule has 1 aromatic carbocycles. The maximum Gasteiger partial charge on any atom is 0.282 e. The van der Waals surface area contributed by atoms with Crippen LogP contribution >= 0.6 is 0 Å². The van der Waals surface area contributed by atoms with Crippen LogP contribution in [0.4, 0.5) is 14.5 Å². The summed E-state index contributed by atoms with van der Waals surface area (Å²) < 4.78 is 27.1. The summed E-state index contributed by atoms with van der Waals surface area (Å²) in [6.07, 6.45) is -0.684. The van der Waals surface area contributed by atoms with E-state index >= 15 is 0 Å². The number of benzene rings is 1. The first-order chi connectivity index (χ1) is 11.0. The van der Waals surface area contributed by atoms with Crippen molar-refractivity contribution in [2.24, 2.45) is 0 Å². The molecule has 0 bridgehead atoms. The highest BCUT2D eigenvalue weighted by atomic mass is 19.3. The molecule has 6 heteroatoms. The number of carbonyl (C=O) groups is 1. The van der Waals surface area contributed by atoms with Gasteiger partial charge in [-0.05, 0) is 49.9 Å². The summed E-state index contributed by atoms with van der Waals surface area (Å²) in [5.74, 6) is -0.00646. The van der Waals surface area contributed by atoms with E-state index in [4.69, 9.17) is 0 Å². The van der Waals surface area contributed by atoms with Crippen LogP contribution in [0.1, 0.15) is 47.7 Å². The van der Waals surface area contributed by atoms with Crippen molar-refractivity contribution in [1.82, 2.24) is 9.78 Å². The Morgan fingerprint density at radius 3 is 2.78 bits per heavy atom. The van der Waals surface area contributed by atoms with Crippen LogP contribution in [0.15, 0.2) is 24.3 Å². The molecule has 4 nitrogen and oxygen atoms in total. The molecule has 1 aromatic heterocycles. The topological polar surface area (TPSA) is 46.9 Å². The van der Waals surface area contributed by atoms with Gasteiger partial charge in [-0.2, -0.15) is 5.10 Å². The van der Waals surface area contributed by atoms with Crippen molar-refractivity contribution in [3.8, 4) is 0 Å². The molecular formula is C17H19F2N3O. The maximum absolute atomic E-state index is 12.8. The van der Waals surface area contributed by atoms with E-state index in [1.54, 1.807) is 0 Å². The third-order valence-electron chi connectivity index (χ3n) is 4.22. The van der Waals surface area contributed by atoms with Crippen molar-refractivity contribution in [2.45, 2.75) is 45.6 Å². The lowest BCUT2D eigenvalue weighted by Crippen LogP contribution is -2.21. The second-order valence-electron chi connectivity index (χ2n) is 6.02. The number of nitrogens with one attached hydrogen (secondary N) is 1. The van der Waals surface area contributed by atoms with Crippen LogP contribution in [-0.4, -0.2) is 15.7 Å². The summed E-state index contributed by atoms with van der Waals surface area (Å²) in [5.41, 5.74) is 3.30. The fraction of sp³-hybridized carbons (Fsp3) is 0.412. The van der Waals surface area contributed by atoms with Crippen LogP contribution in [0.3, 0.4) is 0 Å². The number of aryl methyl sites for hydroxylation is 1. The third-order valence-corrected chi connectivity index (χ3v) is 4.22. The first kappa shape index (κ1) is 15.6. The Balaban J connectivity index is 1.76. The summed E-state index contributed by atoms with van der Waals surface area (Å²) in [6, 6.07) is 7.10. The Hall–Kier alpha value is -2.24. The minimum atomic E-state index is -2.61. The Kier molecular flexibility index (Phi) is 4.15. The number of alkyl halides is 2. The van der Waals surface area contributed by atoms with Gasteiger partial charge in [0.05, 0.1) is 0 Å². The molecule has 2 aromatic rings. The molecule has 1 heterocycles. The number of anilines is 1. The Morgan fingerprint density at radius 1 is 1.39 bits per heavy atom. The van der Waals surface area contributed by atoms with Gasteiger partial charge >= 0.3 is 0 Å². The fourth-order valence-corrected chi connectivity index (χ4v) is 2.61. The van der Waals surface area contributed by atoms with E-state index in [-0.39, 0.29) is 24.1 Å². The first-order valence-electron chi connectivity index (χ1n) is 7.67. The second kappa shape index (κ2) is 6.10. The molecule has 0 atom stereocenters. The average Bonchev–Trinajstić information content (AvgIpc) is 3.25. The van der Waals surface area contributed by atoms with Gasteiger partial charge in [0, 0.05) is 17.3 Å². The molecule has 0 radical (unpaired) electrons. The summed E-state index contributed by atoms with van der Waals surface area (Å²) >= 11 is 0. The third kappa shape index (κ3) is 3.41. The van der Waals surface area contributed by atoms with Gasteiger partial charge in [0.15, 0.2) is 0 Å². The molecule has 1 saturated carbocycles. The van der Waals surface area contributed by atoms with Crippen LogP contribution in [0, 0.1) is 13.8 Å². The minimum Gasteiger partial charge on any atom is -0.324 e. The highest BCUT2D eigenvalue weighted by molar-refractivity contribution is 5.91. The lowest BCUT2D eigenvalue weighted by Gasteiger charge is -2.11. The second-order valence-corrected chi connectivity index (χ2v) is 6.02. The van der Waals surface area contributed by atoms with Crippen molar-refractivity contribution < 1.29 is 13.6 Å². The van der Waals surface area contributed by atoms with Crippen LogP contribution in [0.25, 0.3) is 0 Å². The van der Waals surface area contributed by atoms with Gasteiger partial charge < -0.3 is 5.32 Å². The van der Waals surface area contributed by atoms with Gasteiger partial charge in [-0.25, -0.2) is 8.78 Å². The average molecular weight is 319 g/mol. The molecule has 1 aliphatic carbocycles. The minimum absolute atomic E-state index is 0.0497. The molecule has 122 valence electrons. The van der Waals surface area contributed by atoms with Crippen LogP contribution < -0.4 is 5.32 Å². The quantitative estimate of drug-likeness (QED) is 0.907. The normalized spacial score (nSPS) is 14.3. The van der Waals surface area contributed by atoms with Crippen LogP contribution in [-0.2, 0) is 11.3 Å². The SMILES string of the molecule is Cc1cccc(NC(=O)Cn2nc(C(F)F)cc2C2CC2)c1C. The smallest absolute Gasteiger partial charge is 0.282 e. The van der Waals surface area contributed by atoms with Crippen molar-refractivity contribution in [2.75, 3.05) is 5.32 Å². The van der Waals surface area contributed by atoms with Gasteiger partial charge in [0.2, 0.25) is 5.91 Å². The zero-order valence-electron chi connectivity index (χ0n) is 13.1. The molecule has 0 aliphatic heterocycles. The molecule has 1 N–H and O–H groups in total. The molecule has 0 spiro atoms. The van der Waals surface area contributed by atoms with E-state index in [0.29, 0.717) is 0 Å². The summed E-state index contributed by atoms with van der Waals surface area (Å²) in [7, 11) is 0. The first-order valence-corrected chi connectivity index (χ1v) is 7.67. The zero-order chi connectivity index (χ0) is 16.6. The number of hydrogen-bond acceptors (Lipinski definition) is 2. The predicted octanol–water partition coefficient (Wildman–Crippen LogP) is 3.95. The standard InChI is InChI=1S/C17H19F2N3O/c1-10-4-3-5-13(11(10)2)20-16(23)9-22-15(12-6-7-12)8-14(21-22)17(18)19/h3-5,8,12,17H,6-7,9H2,1-2H3,(H,20,23). The highest BCUT2D eigenvalue weighted by Gasteiger charge is 2.30.